The van der Waals surface area contributed by atoms with E-state index in [2.05, 4.69) is 27.9 Å². The van der Waals surface area contributed by atoms with Crippen LogP contribution < -0.4 is 5.32 Å². The molecular formula is C18H18FIN2O2. The van der Waals surface area contributed by atoms with Gasteiger partial charge in [0.25, 0.3) is 5.91 Å². The van der Waals surface area contributed by atoms with E-state index in [1.54, 1.807) is 24.3 Å². The van der Waals surface area contributed by atoms with Gasteiger partial charge in [-0.15, -0.1) is 0 Å². The first kappa shape index (κ1) is 18.4. The van der Waals surface area contributed by atoms with Gasteiger partial charge < -0.3 is 10.2 Å². The zero-order valence-corrected chi connectivity index (χ0v) is 15.4. The molecule has 0 aromatic heterocycles. The van der Waals surface area contributed by atoms with Crippen molar-refractivity contribution in [3.63, 3.8) is 0 Å². The number of carbonyl (C=O) groups is 2. The van der Waals surface area contributed by atoms with E-state index in [0.29, 0.717) is 18.7 Å². The number of rotatable bonds is 6. The van der Waals surface area contributed by atoms with Gasteiger partial charge >= 0.3 is 0 Å². The molecule has 6 heteroatoms. The van der Waals surface area contributed by atoms with Crippen molar-refractivity contribution in [3.05, 3.63) is 69.0 Å². The average molecular weight is 440 g/mol. The predicted octanol–water partition coefficient (Wildman–Crippen LogP) is 3.21. The molecule has 2 rings (SSSR count). The zero-order chi connectivity index (χ0) is 17.5. The van der Waals surface area contributed by atoms with E-state index in [-0.39, 0.29) is 24.2 Å². The highest BCUT2D eigenvalue weighted by atomic mass is 127. The molecule has 0 radical (unpaired) electrons. The molecule has 0 aliphatic carbocycles. The van der Waals surface area contributed by atoms with E-state index in [9.17, 15) is 14.0 Å². The summed E-state index contributed by atoms with van der Waals surface area (Å²) in [4.78, 5) is 26.0. The number of hydrogen-bond donors (Lipinski definition) is 1. The second-order valence-electron chi connectivity index (χ2n) is 5.23. The van der Waals surface area contributed by atoms with Crippen LogP contribution in [0.15, 0.2) is 48.5 Å². The van der Waals surface area contributed by atoms with Crippen LogP contribution in [-0.2, 0) is 11.3 Å². The van der Waals surface area contributed by atoms with Crippen LogP contribution in [0.5, 0.6) is 0 Å². The van der Waals surface area contributed by atoms with Crippen LogP contribution in [-0.4, -0.2) is 29.8 Å². The van der Waals surface area contributed by atoms with Gasteiger partial charge in [-0.2, -0.15) is 0 Å². The van der Waals surface area contributed by atoms with Gasteiger partial charge in [0.2, 0.25) is 5.91 Å². The van der Waals surface area contributed by atoms with E-state index in [0.717, 1.165) is 9.13 Å². The maximum Gasteiger partial charge on any atom is 0.254 e. The van der Waals surface area contributed by atoms with Crippen LogP contribution in [0.4, 0.5) is 4.39 Å². The fourth-order valence-corrected chi connectivity index (χ4v) is 2.71. The lowest BCUT2D eigenvalue weighted by Crippen LogP contribution is -2.40. The summed E-state index contributed by atoms with van der Waals surface area (Å²) in [5, 5.41) is 2.74. The van der Waals surface area contributed by atoms with Crippen LogP contribution in [0.3, 0.4) is 0 Å². The molecular weight excluding hydrogens is 422 g/mol. The topological polar surface area (TPSA) is 49.4 Å². The summed E-state index contributed by atoms with van der Waals surface area (Å²) >= 11 is 2.15. The Balaban J connectivity index is 1.92. The Morgan fingerprint density at radius 3 is 2.50 bits per heavy atom. The fraction of sp³-hybridized carbons (Fsp3) is 0.222. The lowest BCUT2D eigenvalue weighted by atomic mass is 10.2. The van der Waals surface area contributed by atoms with Crippen molar-refractivity contribution >= 4 is 34.4 Å². The molecule has 0 aliphatic heterocycles. The third kappa shape index (κ3) is 5.30. The summed E-state index contributed by atoms with van der Waals surface area (Å²) in [6.07, 6.45) is 0. The highest BCUT2D eigenvalue weighted by molar-refractivity contribution is 14.1. The quantitative estimate of drug-likeness (QED) is 0.702. The molecule has 126 valence electrons. The van der Waals surface area contributed by atoms with Gasteiger partial charge in [0.15, 0.2) is 0 Å². The van der Waals surface area contributed by atoms with Crippen LogP contribution in [0.2, 0.25) is 0 Å². The molecule has 1 N–H and O–H groups in total. The zero-order valence-electron chi connectivity index (χ0n) is 13.3. The molecule has 0 saturated carbocycles. The van der Waals surface area contributed by atoms with Crippen molar-refractivity contribution in [1.82, 2.24) is 10.2 Å². The van der Waals surface area contributed by atoms with Gasteiger partial charge in [0.1, 0.15) is 5.82 Å². The summed E-state index contributed by atoms with van der Waals surface area (Å²) in [5.74, 6) is -0.738. The van der Waals surface area contributed by atoms with Gasteiger partial charge in [-0.05, 0) is 65.4 Å². The Morgan fingerprint density at radius 2 is 1.88 bits per heavy atom. The lowest BCUT2D eigenvalue weighted by molar-refractivity contribution is -0.121. The summed E-state index contributed by atoms with van der Waals surface area (Å²) < 4.78 is 13.8. The molecule has 0 heterocycles. The fourth-order valence-electron chi connectivity index (χ4n) is 2.16. The minimum Gasteiger partial charge on any atom is -0.350 e. The lowest BCUT2D eigenvalue weighted by Gasteiger charge is -2.20. The Hall–Kier alpha value is -1.96. The van der Waals surface area contributed by atoms with Gasteiger partial charge in [-0.1, -0.05) is 18.2 Å². The Labute approximate surface area is 154 Å². The highest BCUT2D eigenvalue weighted by Crippen LogP contribution is 2.10. The number of likely N-dealkylation sites (N-methyl/N-ethyl adjacent to an activating group) is 1. The first-order valence-electron chi connectivity index (χ1n) is 7.55. The first-order valence-corrected chi connectivity index (χ1v) is 8.63. The van der Waals surface area contributed by atoms with Crippen molar-refractivity contribution in [1.29, 1.82) is 0 Å². The van der Waals surface area contributed by atoms with Crippen molar-refractivity contribution in [3.8, 4) is 0 Å². The van der Waals surface area contributed by atoms with Gasteiger partial charge in [-0.25, -0.2) is 4.39 Å². The Morgan fingerprint density at radius 1 is 1.17 bits per heavy atom. The van der Waals surface area contributed by atoms with Crippen LogP contribution >= 0.6 is 22.6 Å². The molecule has 24 heavy (non-hydrogen) atoms. The van der Waals surface area contributed by atoms with Crippen molar-refractivity contribution in [2.75, 3.05) is 13.1 Å². The number of nitrogens with one attached hydrogen (secondary N) is 1. The summed E-state index contributed by atoms with van der Waals surface area (Å²) in [7, 11) is 0. The summed E-state index contributed by atoms with van der Waals surface area (Å²) in [6.45, 7) is 2.56. The third-order valence-corrected chi connectivity index (χ3v) is 4.15. The first-order chi connectivity index (χ1) is 11.5. The molecule has 2 amide bonds. The van der Waals surface area contributed by atoms with Gasteiger partial charge in [0.05, 0.1) is 6.54 Å². The number of nitrogens with zero attached hydrogens (tertiary/aromatic N) is 1. The molecule has 0 fully saturated rings. The maximum absolute atomic E-state index is 12.8. The molecule has 0 aliphatic rings. The molecule has 0 bridgehead atoms. The van der Waals surface area contributed by atoms with Crippen LogP contribution in [0.1, 0.15) is 22.8 Å². The Bertz CT molecular complexity index is 719. The normalized spacial score (nSPS) is 10.3. The van der Waals surface area contributed by atoms with Gasteiger partial charge in [-0.3, -0.25) is 9.59 Å². The molecule has 0 spiro atoms. The maximum atomic E-state index is 12.8. The minimum absolute atomic E-state index is 0.0119. The smallest absolute Gasteiger partial charge is 0.254 e. The van der Waals surface area contributed by atoms with E-state index in [1.807, 2.05) is 19.1 Å². The highest BCUT2D eigenvalue weighted by Gasteiger charge is 2.17. The molecule has 2 aromatic carbocycles. The second kappa shape index (κ2) is 8.77. The molecule has 0 saturated heterocycles. The monoisotopic (exact) mass is 440 g/mol. The van der Waals surface area contributed by atoms with E-state index in [4.69, 9.17) is 0 Å². The van der Waals surface area contributed by atoms with E-state index < -0.39 is 0 Å². The number of hydrogen-bond acceptors (Lipinski definition) is 2. The summed E-state index contributed by atoms with van der Waals surface area (Å²) in [6, 6.07) is 13.2. The standard InChI is InChI=1S/C18H18FIN2O2/c1-2-22(18(24)14-4-3-5-16(20)10-14)12-17(23)21-11-13-6-8-15(19)9-7-13/h3-10H,2,11-12H2,1H3,(H,21,23). The third-order valence-electron chi connectivity index (χ3n) is 3.48. The largest absolute Gasteiger partial charge is 0.350 e. The van der Waals surface area contributed by atoms with Crippen molar-refractivity contribution in [2.24, 2.45) is 0 Å². The van der Waals surface area contributed by atoms with Crippen molar-refractivity contribution < 1.29 is 14.0 Å². The molecule has 4 nitrogen and oxygen atoms in total. The Kier molecular flexibility index (Phi) is 6.72. The molecule has 2 aromatic rings. The van der Waals surface area contributed by atoms with Crippen molar-refractivity contribution in [2.45, 2.75) is 13.5 Å². The average Bonchev–Trinajstić information content (AvgIpc) is 2.58. The number of carbonyl (C=O) groups excluding carboxylic acids is 2. The summed E-state index contributed by atoms with van der Waals surface area (Å²) in [5.41, 5.74) is 1.37. The second-order valence-corrected chi connectivity index (χ2v) is 6.48. The number of halogens is 2. The van der Waals surface area contributed by atoms with Crippen LogP contribution in [0, 0.1) is 9.39 Å². The SMILES string of the molecule is CCN(CC(=O)NCc1ccc(F)cc1)C(=O)c1cccc(I)c1. The van der Waals surface area contributed by atoms with Gasteiger partial charge in [0, 0.05) is 22.2 Å². The molecule has 0 unspecified atom stereocenters. The minimum atomic E-state index is -0.315. The van der Waals surface area contributed by atoms with E-state index >= 15 is 0 Å². The van der Waals surface area contributed by atoms with Crippen LogP contribution in [0.25, 0.3) is 0 Å². The number of benzene rings is 2. The van der Waals surface area contributed by atoms with E-state index in [1.165, 1.54) is 17.0 Å². The predicted molar refractivity (Wildman–Crippen MR) is 99.0 cm³/mol. The molecule has 0 atom stereocenters. The number of amides is 2.